The molecule has 0 fully saturated rings. The molecular weight excluding hydrogens is 348 g/mol. The van der Waals surface area contributed by atoms with E-state index < -0.39 is 5.63 Å². The summed E-state index contributed by atoms with van der Waals surface area (Å²) in [5.41, 5.74) is 1.76. The van der Waals surface area contributed by atoms with E-state index in [-0.39, 0.29) is 24.7 Å². The Balaban J connectivity index is 1.66. The van der Waals surface area contributed by atoms with Gasteiger partial charge >= 0.3 is 11.6 Å². The first kappa shape index (κ1) is 18.5. The summed E-state index contributed by atoms with van der Waals surface area (Å²) >= 11 is 0. The summed E-state index contributed by atoms with van der Waals surface area (Å²) in [6.07, 6.45) is 0.777. The maximum absolute atomic E-state index is 12.1. The number of methoxy groups -OCH3 is 1. The van der Waals surface area contributed by atoms with Gasteiger partial charge in [0.1, 0.15) is 23.7 Å². The van der Waals surface area contributed by atoms with Crippen LogP contribution >= 0.6 is 0 Å². The van der Waals surface area contributed by atoms with Gasteiger partial charge in [-0.15, -0.1) is 0 Å². The van der Waals surface area contributed by atoms with E-state index in [4.69, 9.17) is 13.9 Å². The van der Waals surface area contributed by atoms with Gasteiger partial charge in [0.05, 0.1) is 7.11 Å². The summed E-state index contributed by atoms with van der Waals surface area (Å²) < 4.78 is 15.6. The summed E-state index contributed by atoms with van der Waals surface area (Å²) in [6.45, 7) is 1.62. The standard InChI is InChI=1S/C21H20O6/c1-13-18(22)9-8-17-15(11-20(24)27-21(13)17)12-26-19(23)10-5-14-3-6-16(25-2)7-4-14/h3-4,6-9,11,22H,5,10,12H2,1-2H3. The molecule has 6 heteroatoms. The largest absolute Gasteiger partial charge is 0.508 e. The third kappa shape index (κ3) is 4.28. The Bertz CT molecular complexity index is 1020. The molecule has 0 bridgehead atoms. The number of ether oxygens (including phenoxy) is 2. The first-order valence-electron chi connectivity index (χ1n) is 8.52. The molecule has 0 radical (unpaired) electrons. The Morgan fingerprint density at radius 1 is 1.15 bits per heavy atom. The molecule has 0 unspecified atom stereocenters. The molecule has 0 aliphatic heterocycles. The van der Waals surface area contributed by atoms with Gasteiger partial charge in [0.2, 0.25) is 0 Å². The van der Waals surface area contributed by atoms with Gasteiger partial charge < -0.3 is 19.0 Å². The van der Waals surface area contributed by atoms with Crippen LogP contribution in [-0.4, -0.2) is 18.2 Å². The minimum atomic E-state index is -0.555. The van der Waals surface area contributed by atoms with Crippen LogP contribution in [-0.2, 0) is 22.6 Å². The quantitative estimate of drug-likeness (QED) is 0.529. The minimum Gasteiger partial charge on any atom is -0.508 e. The lowest BCUT2D eigenvalue weighted by atomic mass is 10.1. The van der Waals surface area contributed by atoms with Crippen LogP contribution in [0.4, 0.5) is 0 Å². The molecule has 27 heavy (non-hydrogen) atoms. The first-order chi connectivity index (χ1) is 13.0. The van der Waals surface area contributed by atoms with Crippen molar-refractivity contribution in [2.24, 2.45) is 0 Å². The molecule has 1 N–H and O–H groups in total. The van der Waals surface area contributed by atoms with Crippen LogP contribution in [0.5, 0.6) is 11.5 Å². The van der Waals surface area contributed by atoms with E-state index in [0.717, 1.165) is 11.3 Å². The number of hydrogen-bond donors (Lipinski definition) is 1. The zero-order valence-corrected chi connectivity index (χ0v) is 15.2. The average molecular weight is 368 g/mol. The molecule has 0 amide bonds. The van der Waals surface area contributed by atoms with Crippen LogP contribution < -0.4 is 10.4 Å². The molecule has 0 spiro atoms. The summed E-state index contributed by atoms with van der Waals surface area (Å²) in [5.74, 6) is 0.444. The van der Waals surface area contributed by atoms with Gasteiger partial charge in [-0.25, -0.2) is 4.79 Å². The lowest BCUT2D eigenvalue weighted by molar-refractivity contribution is -0.144. The topological polar surface area (TPSA) is 86.0 Å². The Kier molecular flexibility index (Phi) is 5.45. The number of aryl methyl sites for hydroxylation is 2. The van der Waals surface area contributed by atoms with Crippen LogP contribution in [0, 0.1) is 6.92 Å². The van der Waals surface area contributed by atoms with Crippen molar-refractivity contribution in [3.8, 4) is 11.5 Å². The minimum absolute atomic E-state index is 0.0340. The van der Waals surface area contributed by atoms with Crippen molar-refractivity contribution in [2.75, 3.05) is 7.11 Å². The summed E-state index contributed by atoms with van der Waals surface area (Å²) in [5, 5.41) is 10.4. The van der Waals surface area contributed by atoms with Crippen molar-refractivity contribution < 1.29 is 23.8 Å². The van der Waals surface area contributed by atoms with Crippen LogP contribution in [0.3, 0.4) is 0 Å². The molecular formula is C21H20O6. The Morgan fingerprint density at radius 2 is 1.89 bits per heavy atom. The monoisotopic (exact) mass is 368 g/mol. The maximum Gasteiger partial charge on any atom is 0.336 e. The Morgan fingerprint density at radius 3 is 2.59 bits per heavy atom. The second kappa shape index (κ2) is 7.95. The number of hydrogen-bond acceptors (Lipinski definition) is 6. The second-order valence-electron chi connectivity index (χ2n) is 6.19. The predicted octanol–water partition coefficient (Wildman–Crippen LogP) is 3.49. The number of phenols is 1. The highest BCUT2D eigenvalue weighted by Crippen LogP contribution is 2.27. The highest BCUT2D eigenvalue weighted by atomic mass is 16.5. The van der Waals surface area contributed by atoms with Crippen molar-refractivity contribution >= 4 is 16.9 Å². The number of phenolic OH excluding ortho intramolecular Hbond substituents is 1. The van der Waals surface area contributed by atoms with Crippen molar-refractivity contribution in [1.29, 1.82) is 0 Å². The van der Waals surface area contributed by atoms with Gasteiger partial charge in [-0.05, 0) is 43.2 Å². The van der Waals surface area contributed by atoms with E-state index in [1.54, 1.807) is 20.1 Å². The molecule has 0 saturated carbocycles. The normalized spacial score (nSPS) is 10.7. The van der Waals surface area contributed by atoms with Crippen molar-refractivity contribution in [2.45, 2.75) is 26.4 Å². The van der Waals surface area contributed by atoms with Crippen LogP contribution in [0.15, 0.2) is 51.7 Å². The van der Waals surface area contributed by atoms with Gasteiger partial charge in [0, 0.05) is 29.0 Å². The summed E-state index contributed by atoms with van der Waals surface area (Å²) in [4.78, 5) is 23.8. The fourth-order valence-corrected chi connectivity index (χ4v) is 2.80. The molecule has 140 valence electrons. The zero-order chi connectivity index (χ0) is 19.4. The smallest absolute Gasteiger partial charge is 0.336 e. The number of carbonyl (C=O) groups is 1. The van der Waals surface area contributed by atoms with Gasteiger partial charge in [0.15, 0.2) is 0 Å². The third-order valence-corrected chi connectivity index (χ3v) is 4.38. The lowest BCUT2D eigenvalue weighted by Crippen LogP contribution is -2.08. The molecule has 3 rings (SSSR count). The highest BCUT2D eigenvalue weighted by Gasteiger charge is 2.12. The number of aromatic hydroxyl groups is 1. The Labute approximate surface area is 156 Å². The number of benzene rings is 2. The fourth-order valence-electron chi connectivity index (χ4n) is 2.80. The van der Waals surface area contributed by atoms with E-state index in [1.165, 1.54) is 12.1 Å². The molecule has 0 aliphatic carbocycles. The predicted molar refractivity (Wildman–Crippen MR) is 100.0 cm³/mol. The summed E-state index contributed by atoms with van der Waals surface area (Å²) in [7, 11) is 1.60. The second-order valence-corrected chi connectivity index (χ2v) is 6.19. The molecule has 1 aromatic heterocycles. The first-order valence-corrected chi connectivity index (χ1v) is 8.52. The van der Waals surface area contributed by atoms with Crippen LogP contribution in [0.2, 0.25) is 0 Å². The molecule has 6 nitrogen and oxygen atoms in total. The Hall–Kier alpha value is -3.28. The SMILES string of the molecule is COc1ccc(CCC(=O)OCc2cc(=O)oc3c(C)c(O)ccc23)cc1. The number of carbonyl (C=O) groups excluding carboxylic acids is 1. The van der Waals surface area contributed by atoms with Gasteiger partial charge in [-0.1, -0.05) is 12.1 Å². The average Bonchev–Trinajstić information content (AvgIpc) is 2.68. The van der Waals surface area contributed by atoms with Gasteiger partial charge in [0.25, 0.3) is 0 Å². The third-order valence-electron chi connectivity index (χ3n) is 4.38. The molecule has 3 aromatic rings. The van der Waals surface area contributed by atoms with E-state index in [9.17, 15) is 14.7 Å². The van der Waals surface area contributed by atoms with E-state index >= 15 is 0 Å². The number of fused-ring (bicyclic) bond motifs is 1. The lowest BCUT2D eigenvalue weighted by Gasteiger charge is -2.09. The summed E-state index contributed by atoms with van der Waals surface area (Å²) in [6, 6.07) is 11.9. The number of esters is 1. The molecule has 0 aliphatic rings. The van der Waals surface area contributed by atoms with Gasteiger partial charge in [-0.2, -0.15) is 0 Å². The molecule has 1 heterocycles. The molecule has 0 saturated heterocycles. The fraction of sp³-hybridized carbons (Fsp3) is 0.238. The van der Waals surface area contributed by atoms with Crippen molar-refractivity contribution in [1.82, 2.24) is 0 Å². The molecule has 0 atom stereocenters. The highest BCUT2D eigenvalue weighted by molar-refractivity contribution is 5.85. The zero-order valence-electron chi connectivity index (χ0n) is 15.2. The van der Waals surface area contributed by atoms with E-state index in [1.807, 2.05) is 24.3 Å². The van der Waals surface area contributed by atoms with Crippen LogP contribution in [0.25, 0.3) is 11.0 Å². The van der Waals surface area contributed by atoms with E-state index in [2.05, 4.69) is 0 Å². The number of rotatable bonds is 6. The van der Waals surface area contributed by atoms with Crippen molar-refractivity contribution in [3.63, 3.8) is 0 Å². The van der Waals surface area contributed by atoms with Crippen molar-refractivity contribution in [3.05, 3.63) is 69.6 Å². The molecule has 2 aromatic carbocycles. The van der Waals surface area contributed by atoms with E-state index in [0.29, 0.717) is 28.5 Å². The van der Waals surface area contributed by atoms with Gasteiger partial charge in [-0.3, -0.25) is 4.79 Å². The maximum atomic E-state index is 12.1. The van der Waals surface area contributed by atoms with Crippen LogP contribution in [0.1, 0.15) is 23.1 Å².